The zero-order valence-corrected chi connectivity index (χ0v) is 18.4. The Morgan fingerprint density at radius 1 is 1.03 bits per heavy atom. The molecule has 3 rings (SSSR count). The van der Waals surface area contributed by atoms with Crippen LogP contribution in [-0.2, 0) is 14.8 Å². The summed E-state index contributed by atoms with van der Waals surface area (Å²) in [6.45, 7) is 1.41. The zero-order valence-electron chi connectivity index (χ0n) is 15.5. The van der Waals surface area contributed by atoms with Crippen molar-refractivity contribution in [3.8, 4) is 0 Å². The van der Waals surface area contributed by atoms with E-state index < -0.39 is 28.3 Å². The lowest BCUT2D eigenvalue weighted by Crippen LogP contribution is -2.38. The van der Waals surface area contributed by atoms with Gasteiger partial charge >= 0.3 is 0 Å². The van der Waals surface area contributed by atoms with Crippen LogP contribution < -0.4 is 9.62 Å². The van der Waals surface area contributed by atoms with Crippen molar-refractivity contribution in [2.24, 2.45) is 0 Å². The van der Waals surface area contributed by atoms with E-state index in [-0.39, 0.29) is 10.6 Å². The molecule has 1 N–H and O–H groups in total. The summed E-state index contributed by atoms with van der Waals surface area (Å²) in [6, 6.07) is 18.3. The van der Waals surface area contributed by atoms with Crippen molar-refractivity contribution in [2.75, 3.05) is 16.2 Å². The number of nitrogens with one attached hydrogen (secondary N) is 1. The fourth-order valence-electron chi connectivity index (χ4n) is 2.73. The summed E-state index contributed by atoms with van der Waals surface area (Å²) in [4.78, 5) is 12.7. The van der Waals surface area contributed by atoms with Gasteiger partial charge in [-0.2, -0.15) is 0 Å². The van der Waals surface area contributed by atoms with Crippen molar-refractivity contribution < 1.29 is 17.6 Å². The van der Waals surface area contributed by atoms with E-state index in [2.05, 4.69) is 27.9 Å². The molecule has 0 aliphatic heterocycles. The van der Waals surface area contributed by atoms with E-state index in [4.69, 9.17) is 0 Å². The first kappa shape index (κ1) is 21.3. The third-order valence-electron chi connectivity index (χ3n) is 4.20. The molecule has 3 aromatic carbocycles. The number of sulfonamides is 1. The molecule has 0 bridgehead atoms. The van der Waals surface area contributed by atoms with E-state index in [9.17, 15) is 17.6 Å². The summed E-state index contributed by atoms with van der Waals surface area (Å²) in [5, 5.41) is 2.75. The number of rotatable bonds is 6. The van der Waals surface area contributed by atoms with Crippen LogP contribution in [0.3, 0.4) is 0 Å². The monoisotopic (exact) mass is 524 g/mol. The maximum Gasteiger partial charge on any atom is 0.264 e. The number of carbonyl (C=O) groups is 1. The lowest BCUT2D eigenvalue weighted by Gasteiger charge is -2.24. The molecular weight excluding hydrogens is 506 g/mol. The molecule has 0 saturated carbocycles. The molecule has 1 amide bonds. The Hall–Kier alpha value is -2.46. The van der Waals surface area contributed by atoms with E-state index in [1.807, 2.05) is 19.1 Å². The smallest absolute Gasteiger partial charge is 0.264 e. The third-order valence-corrected chi connectivity index (χ3v) is 6.65. The number of halogens is 2. The second-order valence-corrected chi connectivity index (χ2v) is 9.42. The highest BCUT2D eigenvalue weighted by atomic mass is 127. The van der Waals surface area contributed by atoms with Crippen LogP contribution in [0.4, 0.5) is 15.8 Å². The Bertz CT molecular complexity index is 1120. The molecule has 0 aliphatic carbocycles. The number of anilines is 2. The number of hydrogen-bond acceptors (Lipinski definition) is 3. The minimum Gasteiger partial charge on any atom is -0.324 e. The first-order valence-electron chi connectivity index (χ1n) is 8.67. The highest BCUT2D eigenvalue weighted by Gasteiger charge is 2.27. The predicted molar refractivity (Wildman–Crippen MR) is 120 cm³/mol. The summed E-state index contributed by atoms with van der Waals surface area (Å²) in [5.41, 5.74) is 1.67. The van der Waals surface area contributed by atoms with Crippen molar-refractivity contribution in [3.05, 3.63) is 87.7 Å². The van der Waals surface area contributed by atoms with Gasteiger partial charge in [0.1, 0.15) is 12.4 Å². The molecule has 8 heteroatoms. The summed E-state index contributed by atoms with van der Waals surface area (Å²) < 4.78 is 41.7. The molecule has 29 heavy (non-hydrogen) atoms. The molecule has 5 nitrogen and oxygen atoms in total. The van der Waals surface area contributed by atoms with Crippen molar-refractivity contribution in [3.63, 3.8) is 0 Å². The molecule has 0 atom stereocenters. The van der Waals surface area contributed by atoms with E-state index in [0.29, 0.717) is 5.69 Å². The lowest BCUT2D eigenvalue weighted by atomic mass is 10.2. The first-order chi connectivity index (χ1) is 13.8. The van der Waals surface area contributed by atoms with Gasteiger partial charge in [-0.1, -0.05) is 18.2 Å². The van der Waals surface area contributed by atoms with Gasteiger partial charge in [-0.05, 0) is 89.7 Å². The standard InChI is InChI=1S/C21H18FIN2O3S/c1-15-13-17(23)9-12-20(15)24-21(26)14-25(18-10-7-16(22)8-11-18)29(27,28)19-5-3-2-4-6-19/h2-13H,14H2,1H3,(H,24,26). The van der Waals surface area contributed by atoms with Crippen molar-refractivity contribution in [1.82, 2.24) is 0 Å². The van der Waals surface area contributed by atoms with Crippen LogP contribution in [0, 0.1) is 16.3 Å². The van der Waals surface area contributed by atoms with Crippen LogP contribution in [0.15, 0.2) is 77.7 Å². The average molecular weight is 524 g/mol. The number of carbonyl (C=O) groups excluding carboxylic acids is 1. The molecule has 0 spiro atoms. The number of benzene rings is 3. The van der Waals surface area contributed by atoms with Crippen LogP contribution in [0.5, 0.6) is 0 Å². The largest absolute Gasteiger partial charge is 0.324 e. The van der Waals surface area contributed by atoms with Gasteiger partial charge in [0.2, 0.25) is 5.91 Å². The Morgan fingerprint density at radius 2 is 1.69 bits per heavy atom. The molecular formula is C21H18FIN2O3S. The Kier molecular flexibility index (Phi) is 6.53. The predicted octanol–water partition coefficient (Wildman–Crippen LogP) is 4.57. The highest BCUT2D eigenvalue weighted by molar-refractivity contribution is 14.1. The molecule has 0 fully saturated rings. The Labute approximate surface area is 182 Å². The number of amides is 1. The normalized spacial score (nSPS) is 11.1. The minimum atomic E-state index is -4.02. The van der Waals surface area contributed by atoms with Gasteiger partial charge < -0.3 is 5.32 Å². The summed E-state index contributed by atoms with van der Waals surface area (Å²) in [5.74, 6) is -0.997. The van der Waals surface area contributed by atoms with Gasteiger partial charge in [-0.15, -0.1) is 0 Å². The van der Waals surface area contributed by atoms with E-state index >= 15 is 0 Å². The van der Waals surface area contributed by atoms with Crippen LogP contribution in [-0.4, -0.2) is 20.9 Å². The molecule has 0 aromatic heterocycles. The SMILES string of the molecule is Cc1cc(I)ccc1NC(=O)CN(c1ccc(F)cc1)S(=O)(=O)c1ccccc1. The Morgan fingerprint density at radius 3 is 2.31 bits per heavy atom. The molecule has 0 saturated heterocycles. The third kappa shape index (κ3) is 5.13. The number of aryl methyl sites for hydroxylation is 1. The maximum absolute atomic E-state index is 13.3. The molecule has 0 radical (unpaired) electrons. The van der Waals surface area contributed by atoms with Gasteiger partial charge in [0.05, 0.1) is 10.6 Å². The van der Waals surface area contributed by atoms with Gasteiger partial charge in [-0.3, -0.25) is 9.10 Å². The van der Waals surface area contributed by atoms with Gasteiger partial charge in [-0.25, -0.2) is 12.8 Å². The molecule has 0 aliphatic rings. The quantitative estimate of drug-likeness (QED) is 0.481. The summed E-state index contributed by atoms with van der Waals surface area (Å²) in [6.07, 6.45) is 0. The van der Waals surface area contributed by atoms with Gasteiger partial charge in [0, 0.05) is 9.26 Å². The average Bonchev–Trinajstić information content (AvgIpc) is 2.70. The Balaban J connectivity index is 1.93. The van der Waals surface area contributed by atoms with Crippen molar-refractivity contribution in [2.45, 2.75) is 11.8 Å². The zero-order chi connectivity index (χ0) is 21.0. The van der Waals surface area contributed by atoms with E-state index in [1.54, 1.807) is 24.3 Å². The number of hydrogen-bond donors (Lipinski definition) is 1. The van der Waals surface area contributed by atoms with Crippen molar-refractivity contribution in [1.29, 1.82) is 0 Å². The highest BCUT2D eigenvalue weighted by Crippen LogP contribution is 2.24. The fourth-order valence-corrected chi connectivity index (χ4v) is 4.82. The fraction of sp³-hybridized carbons (Fsp3) is 0.0952. The lowest BCUT2D eigenvalue weighted by molar-refractivity contribution is -0.114. The molecule has 0 heterocycles. The van der Waals surface area contributed by atoms with Gasteiger partial charge in [0.15, 0.2) is 0 Å². The van der Waals surface area contributed by atoms with Gasteiger partial charge in [0.25, 0.3) is 10.0 Å². The summed E-state index contributed by atoms with van der Waals surface area (Å²) >= 11 is 2.17. The van der Waals surface area contributed by atoms with Crippen LogP contribution in [0.2, 0.25) is 0 Å². The van der Waals surface area contributed by atoms with Crippen molar-refractivity contribution >= 4 is 49.9 Å². The first-order valence-corrected chi connectivity index (χ1v) is 11.2. The maximum atomic E-state index is 13.3. The minimum absolute atomic E-state index is 0.0440. The van der Waals surface area contributed by atoms with Crippen LogP contribution >= 0.6 is 22.6 Å². The van der Waals surface area contributed by atoms with E-state index in [1.165, 1.54) is 24.3 Å². The molecule has 3 aromatic rings. The van der Waals surface area contributed by atoms with Crippen LogP contribution in [0.1, 0.15) is 5.56 Å². The molecule has 0 unspecified atom stereocenters. The summed E-state index contributed by atoms with van der Waals surface area (Å²) in [7, 11) is -4.02. The van der Waals surface area contributed by atoms with Crippen LogP contribution in [0.25, 0.3) is 0 Å². The topological polar surface area (TPSA) is 66.5 Å². The number of nitrogens with zero attached hydrogens (tertiary/aromatic N) is 1. The second kappa shape index (κ2) is 8.91. The van der Waals surface area contributed by atoms with E-state index in [0.717, 1.165) is 25.6 Å². The second-order valence-electron chi connectivity index (χ2n) is 6.31. The molecule has 150 valence electrons.